The van der Waals surface area contributed by atoms with E-state index in [1.807, 2.05) is 0 Å². The lowest BCUT2D eigenvalue weighted by Gasteiger charge is -2.40. The molecule has 3 atom stereocenters. The van der Waals surface area contributed by atoms with Gasteiger partial charge in [-0.25, -0.2) is 0 Å². The van der Waals surface area contributed by atoms with E-state index >= 15 is 0 Å². The molecule has 0 radical (unpaired) electrons. The lowest BCUT2D eigenvalue weighted by molar-refractivity contribution is 0.0957. The summed E-state index contributed by atoms with van der Waals surface area (Å²) in [6.07, 6.45) is 3.85. The largest absolute Gasteiger partial charge is 0.285 e. The number of nitrogens with zero attached hydrogens (tertiary/aromatic N) is 2. The third-order valence-electron chi connectivity index (χ3n) is 3.96. The fraction of sp³-hybridized carbons (Fsp3) is 0.923. The van der Waals surface area contributed by atoms with Crippen LogP contribution in [0.3, 0.4) is 0 Å². The van der Waals surface area contributed by atoms with E-state index < -0.39 is 0 Å². The summed E-state index contributed by atoms with van der Waals surface area (Å²) in [5.74, 6) is 1.67. The molecule has 1 aliphatic rings. The smallest absolute Gasteiger partial charge is 0.0870 e. The fourth-order valence-corrected chi connectivity index (χ4v) is 2.64. The van der Waals surface area contributed by atoms with Crippen molar-refractivity contribution >= 4 is 0 Å². The summed E-state index contributed by atoms with van der Waals surface area (Å²) in [4.78, 5) is 2.36. The first-order valence-corrected chi connectivity index (χ1v) is 6.19. The Morgan fingerprint density at radius 2 is 1.93 bits per heavy atom. The zero-order valence-corrected chi connectivity index (χ0v) is 10.5. The molecule has 0 spiro atoms. The molecule has 0 aromatic heterocycles. The quantitative estimate of drug-likeness (QED) is 0.667. The lowest BCUT2D eigenvalue weighted by atomic mass is 9.78. The van der Waals surface area contributed by atoms with E-state index in [2.05, 4.69) is 38.7 Å². The molecule has 1 aliphatic carbocycles. The summed E-state index contributed by atoms with van der Waals surface area (Å²) in [6, 6.07) is 3.43. The molecule has 0 aliphatic heterocycles. The molecular formula is C13H24N2. The van der Waals surface area contributed by atoms with Crippen LogP contribution in [0.4, 0.5) is 0 Å². The maximum atomic E-state index is 8.84. The summed E-state index contributed by atoms with van der Waals surface area (Å²) < 4.78 is 0. The van der Waals surface area contributed by atoms with Crippen LogP contribution in [0.15, 0.2) is 0 Å². The monoisotopic (exact) mass is 208 g/mol. The van der Waals surface area contributed by atoms with Crippen LogP contribution in [-0.4, -0.2) is 23.5 Å². The standard InChI is InChI=1S/C13H24N2/c1-10(2)15(8-7-14)13-6-5-11(3)12(4)9-13/h10-13H,5-6,8-9H2,1-4H3. The fourth-order valence-electron chi connectivity index (χ4n) is 2.64. The number of hydrogen-bond donors (Lipinski definition) is 0. The predicted octanol–water partition coefficient (Wildman–Crippen LogP) is 3.05. The molecule has 3 unspecified atom stereocenters. The first-order chi connectivity index (χ1) is 7.06. The van der Waals surface area contributed by atoms with Gasteiger partial charge in [-0.3, -0.25) is 4.90 Å². The van der Waals surface area contributed by atoms with Gasteiger partial charge in [-0.15, -0.1) is 0 Å². The third kappa shape index (κ3) is 3.21. The molecule has 0 N–H and O–H groups in total. The summed E-state index contributed by atoms with van der Waals surface area (Å²) >= 11 is 0. The highest BCUT2D eigenvalue weighted by Gasteiger charge is 2.29. The minimum atomic E-state index is 0.496. The second-order valence-electron chi connectivity index (χ2n) is 5.35. The summed E-state index contributed by atoms with van der Waals surface area (Å²) in [7, 11) is 0. The maximum absolute atomic E-state index is 8.84. The van der Waals surface area contributed by atoms with E-state index in [1.54, 1.807) is 0 Å². The average Bonchev–Trinajstić information content (AvgIpc) is 2.18. The molecule has 0 saturated heterocycles. The van der Waals surface area contributed by atoms with Crippen LogP contribution < -0.4 is 0 Å². The van der Waals surface area contributed by atoms with Crippen molar-refractivity contribution in [1.29, 1.82) is 5.26 Å². The molecule has 1 fully saturated rings. The van der Waals surface area contributed by atoms with E-state index in [9.17, 15) is 0 Å². The molecule has 0 bridgehead atoms. The molecule has 2 nitrogen and oxygen atoms in total. The molecule has 0 heterocycles. The van der Waals surface area contributed by atoms with Gasteiger partial charge in [0.2, 0.25) is 0 Å². The minimum absolute atomic E-state index is 0.496. The molecule has 2 heteroatoms. The zero-order chi connectivity index (χ0) is 11.4. The molecule has 0 aromatic rings. The van der Waals surface area contributed by atoms with Crippen molar-refractivity contribution in [2.24, 2.45) is 11.8 Å². The number of hydrogen-bond acceptors (Lipinski definition) is 2. The van der Waals surface area contributed by atoms with Crippen molar-refractivity contribution in [3.05, 3.63) is 0 Å². The average molecular weight is 208 g/mol. The highest BCUT2D eigenvalue weighted by Crippen LogP contribution is 2.32. The Bertz CT molecular complexity index is 229. The van der Waals surface area contributed by atoms with Crippen LogP contribution in [0.1, 0.15) is 47.0 Å². The van der Waals surface area contributed by atoms with Gasteiger partial charge < -0.3 is 0 Å². The van der Waals surface area contributed by atoms with Crippen molar-refractivity contribution in [3.8, 4) is 6.07 Å². The second-order valence-corrected chi connectivity index (χ2v) is 5.35. The van der Waals surface area contributed by atoms with E-state index in [0.717, 1.165) is 11.8 Å². The topological polar surface area (TPSA) is 27.0 Å². The predicted molar refractivity (Wildman–Crippen MR) is 63.4 cm³/mol. The molecule has 86 valence electrons. The third-order valence-corrected chi connectivity index (χ3v) is 3.96. The van der Waals surface area contributed by atoms with Gasteiger partial charge in [-0.05, 0) is 44.9 Å². The highest BCUT2D eigenvalue weighted by atomic mass is 15.2. The Labute approximate surface area is 94.3 Å². The van der Waals surface area contributed by atoms with Gasteiger partial charge in [0, 0.05) is 12.1 Å². The number of rotatable bonds is 3. The van der Waals surface area contributed by atoms with Crippen LogP contribution >= 0.6 is 0 Å². The van der Waals surface area contributed by atoms with Crippen molar-refractivity contribution in [2.75, 3.05) is 6.54 Å². The normalized spacial score (nSPS) is 31.9. The molecule has 15 heavy (non-hydrogen) atoms. The Morgan fingerprint density at radius 1 is 1.27 bits per heavy atom. The van der Waals surface area contributed by atoms with Gasteiger partial charge in [0.15, 0.2) is 0 Å². The number of nitriles is 1. The lowest BCUT2D eigenvalue weighted by Crippen LogP contribution is -2.44. The van der Waals surface area contributed by atoms with Crippen molar-refractivity contribution in [1.82, 2.24) is 4.90 Å². The zero-order valence-electron chi connectivity index (χ0n) is 10.5. The van der Waals surface area contributed by atoms with Crippen molar-refractivity contribution < 1.29 is 0 Å². The summed E-state index contributed by atoms with van der Waals surface area (Å²) in [6.45, 7) is 9.68. The maximum Gasteiger partial charge on any atom is 0.0870 e. The molecular weight excluding hydrogens is 184 g/mol. The van der Waals surface area contributed by atoms with Gasteiger partial charge in [0.05, 0.1) is 12.6 Å². The van der Waals surface area contributed by atoms with Crippen molar-refractivity contribution in [2.45, 2.75) is 59.0 Å². The highest BCUT2D eigenvalue weighted by molar-refractivity contribution is 4.88. The summed E-state index contributed by atoms with van der Waals surface area (Å²) in [5.41, 5.74) is 0. The Balaban J connectivity index is 2.58. The Kier molecular flexibility index (Phi) is 4.60. The first kappa shape index (κ1) is 12.5. The minimum Gasteiger partial charge on any atom is -0.285 e. The van der Waals surface area contributed by atoms with Crippen LogP contribution in [0.25, 0.3) is 0 Å². The van der Waals surface area contributed by atoms with Crippen molar-refractivity contribution in [3.63, 3.8) is 0 Å². The second kappa shape index (κ2) is 5.51. The van der Waals surface area contributed by atoms with E-state index in [-0.39, 0.29) is 0 Å². The van der Waals surface area contributed by atoms with E-state index in [0.29, 0.717) is 18.6 Å². The van der Waals surface area contributed by atoms with Gasteiger partial charge in [0.1, 0.15) is 0 Å². The Hall–Kier alpha value is -0.550. The van der Waals surface area contributed by atoms with Gasteiger partial charge in [0.25, 0.3) is 0 Å². The van der Waals surface area contributed by atoms with Gasteiger partial charge in [-0.2, -0.15) is 5.26 Å². The summed E-state index contributed by atoms with van der Waals surface area (Å²) in [5, 5.41) is 8.84. The van der Waals surface area contributed by atoms with Gasteiger partial charge >= 0.3 is 0 Å². The van der Waals surface area contributed by atoms with Crippen LogP contribution in [0.5, 0.6) is 0 Å². The van der Waals surface area contributed by atoms with Crippen LogP contribution in [-0.2, 0) is 0 Å². The van der Waals surface area contributed by atoms with E-state index in [1.165, 1.54) is 19.3 Å². The van der Waals surface area contributed by atoms with E-state index in [4.69, 9.17) is 5.26 Å². The van der Waals surface area contributed by atoms with Crippen LogP contribution in [0.2, 0.25) is 0 Å². The van der Waals surface area contributed by atoms with Crippen LogP contribution in [0, 0.1) is 23.2 Å². The van der Waals surface area contributed by atoms with Gasteiger partial charge in [-0.1, -0.05) is 13.8 Å². The Morgan fingerprint density at radius 3 is 2.40 bits per heavy atom. The molecule has 1 saturated carbocycles. The first-order valence-electron chi connectivity index (χ1n) is 6.19. The SMILES string of the molecule is CC1CCC(N(CC#N)C(C)C)CC1C. The molecule has 0 amide bonds. The molecule has 0 aromatic carbocycles. The molecule has 1 rings (SSSR count).